The van der Waals surface area contributed by atoms with E-state index in [1.54, 1.807) is 26.0 Å². The molecule has 3 amide bonds. The number of nitrogens with zero attached hydrogens (tertiary/aromatic N) is 1. The lowest BCUT2D eigenvalue weighted by atomic mass is 10.1. The standard InChI is InChI=1S/C9H14N2O2S/c1-9(2)7(12)11(8(13)10-9)5-3-4-6-14/h3-4,14H,5-6H2,1-2H3,(H,10,13). The largest absolute Gasteiger partial charge is 0.325 e. The van der Waals surface area contributed by atoms with Crippen LogP contribution in [-0.2, 0) is 4.79 Å². The summed E-state index contributed by atoms with van der Waals surface area (Å²) < 4.78 is 0. The molecule has 1 aliphatic heterocycles. The van der Waals surface area contributed by atoms with Crippen LogP contribution in [0.2, 0.25) is 0 Å². The molecule has 1 fully saturated rings. The van der Waals surface area contributed by atoms with Gasteiger partial charge < -0.3 is 5.32 Å². The molecule has 0 saturated carbocycles. The normalized spacial score (nSPS) is 20.6. The van der Waals surface area contributed by atoms with Crippen molar-refractivity contribution in [2.45, 2.75) is 19.4 Å². The van der Waals surface area contributed by atoms with E-state index >= 15 is 0 Å². The van der Waals surface area contributed by atoms with E-state index in [0.717, 1.165) is 0 Å². The molecular weight excluding hydrogens is 200 g/mol. The Kier molecular flexibility index (Phi) is 3.21. The smallest absolute Gasteiger partial charge is 0.324 e. The molecule has 0 aromatic rings. The van der Waals surface area contributed by atoms with Gasteiger partial charge in [-0.2, -0.15) is 12.6 Å². The highest BCUT2D eigenvalue weighted by Gasteiger charge is 2.43. The van der Waals surface area contributed by atoms with Gasteiger partial charge in [0.1, 0.15) is 5.54 Å². The van der Waals surface area contributed by atoms with E-state index in [0.29, 0.717) is 12.3 Å². The molecule has 0 aromatic carbocycles. The molecule has 0 unspecified atom stereocenters. The molecule has 0 bridgehead atoms. The number of carbonyl (C=O) groups is 2. The average Bonchev–Trinajstić information content (AvgIpc) is 2.27. The monoisotopic (exact) mass is 214 g/mol. The third-order valence-corrected chi connectivity index (χ3v) is 2.22. The van der Waals surface area contributed by atoms with Crippen molar-refractivity contribution in [1.29, 1.82) is 0 Å². The zero-order valence-corrected chi connectivity index (χ0v) is 9.17. The highest BCUT2D eigenvalue weighted by molar-refractivity contribution is 7.80. The van der Waals surface area contributed by atoms with Gasteiger partial charge in [0.15, 0.2) is 0 Å². The van der Waals surface area contributed by atoms with Crippen molar-refractivity contribution in [3.63, 3.8) is 0 Å². The number of hydrogen-bond acceptors (Lipinski definition) is 3. The van der Waals surface area contributed by atoms with Crippen molar-refractivity contribution in [2.24, 2.45) is 0 Å². The predicted octanol–water partition coefficient (Wildman–Crippen LogP) is 0.803. The highest BCUT2D eigenvalue weighted by Crippen LogP contribution is 2.15. The zero-order valence-electron chi connectivity index (χ0n) is 8.28. The number of carbonyl (C=O) groups excluding carboxylic acids is 2. The minimum absolute atomic E-state index is 0.189. The highest BCUT2D eigenvalue weighted by atomic mass is 32.1. The van der Waals surface area contributed by atoms with Gasteiger partial charge in [-0.3, -0.25) is 9.69 Å². The Morgan fingerprint density at radius 1 is 1.43 bits per heavy atom. The Hall–Kier alpha value is -0.970. The van der Waals surface area contributed by atoms with Crippen LogP contribution in [-0.4, -0.2) is 34.7 Å². The fraction of sp³-hybridized carbons (Fsp3) is 0.556. The van der Waals surface area contributed by atoms with Crippen molar-refractivity contribution in [2.75, 3.05) is 12.3 Å². The van der Waals surface area contributed by atoms with Crippen LogP contribution in [0.5, 0.6) is 0 Å². The van der Waals surface area contributed by atoms with Gasteiger partial charge in [-0.05, 0) is 13.8 Å². The van der Waals surface area contributed by atoms with E-state index < -0.39 is 5.54 Å². The fourth-order valence-corrected chi connectivity index (χ4v) is 1.39. The second kappa shape index (κ2) is 4.04. The summed E-state index contributed by atoms with van der Waals surface area (Å²) in [5.41, 5.74) is -0.772. The number of amides is 3. The van der Waals surface area contributed by atoms with E-state index in [4.69, 9.17) is 0 Å². The molecule has 14 heavy (non-hydrogen) atoms. The Bertz CT molecular complexity index is 287. The molecule has 4 nitrogen and oxygen atoms in total. The summed E-state index contributed by atoms with van der Waals surface area (Å²) in [5, 5.41) is 2.60. The predicted molar refractivity (Wildman–Crippen MR) is 57.3 cm³/mol. The number of nitrogens with one attached hydrogen (secondary N) is 1. The quantitative estimate of drug-likeness (QED) is 0.415. The van der Waals surface area contributed by atoms with Crippen molar-refractivity contribution >= 4 is 24.6 Å². The molecule has 1 N–H and O–H groups in total. The molecular formula is C9H14N2O2S. The zero-order chi connectivity index (χ0) is 10.8. The summed E-state index contributed by atoms with van der Waals surface area (Å²) in [6, 6.07) is -0.330. The van der Waals surface area contributed by atoms with Gasteiger partial charge in [-0.15, -0.1) is 0 Å². The Balaban J connectivity index is 2.67. The number of thiol groups is 1. The molecule has 0 radical (unpaired) electrons. The van der Waals surface area contributed by atoms with Crippen LogP contribution >= 0.6 is 12.6 Å². The first-order valence-corrected chi connectivity index (χ1v) is 5.02. The average molecular weight is 214 g/mol. The minimum atomic E-state index is -0.772. The summed E-state index contributed by atoms with van der Waals surface area (Å²) in [7, 11) is 0. The Morgan fingerprint density at radius 2 is 2.07 bits per heavy atom. The molecule has 0 atom stereocenters. The molecule has 1 rings (SSSR count). The second-order valence-corrected chi connectivity index (χ2v) is 3.99. The van der Waals surface area contributed by atoms with Gasteiger partial charge in [0, 0.05) is 12.3 Å². The van der Waals surface area contributed by atoms with Gasteiger partial charge in [0.05, 0.1) is 0 Å². The van der Waals surface area contributed by atoms with Crippen LogP contribution in [0.1, 0.15) is 13.8 Å². The first-order valence-electron chi connectivity index (χ1n) is 4.39. The van der Waals surface area contributed by atoms with Crippen LogP contribution in [0.3, 0.4) is 0 Å². The molecule has 0 aliphatic carbocycles. The van der Waals surface area contributed by atoms with Crippen molar-refractivity contribution in [3.05, 3.63) is 12.2 Å². The lowest BCUT2D eigenvalue weighted by molar-refractivity contribution is -0.129. The Morgan fingerprint density at radius 3 is 2.50 bits per heavy atom. The summed E-state index contributed by atoms with van der Waals surface area (Å²) in [6.45, 7) is 3.69. The number of imide groups is 1. The van der Waals surface area contributed by atoms with Crippen molar-refractivity contribution in [3.8, 4) is 0 Å². The summed E-state index contributed by atoms with van der Waals surface area (Å²) in [4.78, 5) is 24.2. The first-order chi connectivity index (χ1) is 6.49. The van der Waals surface area contributed by atoms with Gasteiger partial charge in [0.2, 0.25) is 0 Å². The lowest BCUT2D eigenvalue weighted by Crippen LogP contribution is -2.40. The molecule has 78 valence electrons. The van der Waals surface area contributed by atoms with Crippen LogP contribution in [0.25, 0.3) is 0 Å². The van der Waals surface area contributed by atoms with E-state index in [1.807, 2.05) is 0 Å². The third kappa shape index (κ3) is 2.09. The van der Waals surface area contributed by atoms with Gasteiger partial charge in [0.25, 0.3) is 5.91 Å². The lowest BCUT2D eigenvalue weighted by Gasteiger charge is -2.14. The first kappa shape index (κ1) is 11.1. The molecule has 1 saturated heterocycles. The number of rotatable bonds is 3. The Labute approximate surface area is 88.8 Å². The molecule has 0 aromatic heterocycles. The molecule has 0 spiro atoms. The van der Waals surface area contributed by atoms with Crippen LogP contribution in [0.15, 0.2) is 12.2 Å². The topological polar surface area (TPSA) is 49.4 Å². The molecule has 1 heterocycles. The maximum Gasteiger partial charge on any atom is 0.325 e. The van der Waals surface area contributed by atoms with Crippen molar-refractivity contribution < 1.29 is 9.59 Å². The number of urea groups is 1. The van der Waals surface area contributed by atoms with E-state index in [9.17, 15) is 9.59 Å². The van der Waals surface area contributed by atoms with E-state index in [-0.39, 0.29) is 11.9 Å². The second-order valence-electron chi connectivity index (χ2n) is 3.62. The minimum Gasteiger partial charge on any atom is -0.324 e. The third-order valence-electron chi connectivity index (χ3n) is 2.00. The number of hydrogen-bond donors (Lipinski definition) is 2. The van der Waals surface area contributed by atoms with Gasteiger partial charge in [-0.1, -0.05) is 12.2 Å². The van der Waals surface area contributed by atoms with Crippen LogP contribution in [0, 0.1) is 0 Å². The van der Waals surface area contributed by atoms with Crippen LogP contribution < -0.4 is 5.32 Å². The van der Waals surface area contributed by atoms with Gasteiger partial charge >= 0.3 is 6.03 Å². The maximum atomic E-state index is 11.6. The summed E-state index contributed by atoms with van der Waals surface area (Å²) in [5.74, 6) is 0.416. The molecule has 1 aliphatic rings. The maximum absolute atomic E-state index is 11.6. The van der Waals surface area contributed by atoms with Gasteiger partial charge in [-0.25, -0.2) is 4.79 Å². The fourth-order valence-electron chi connectivity index (χ4n) is 1.24. The van der Waals surface area contributed by atoms with Crippen LogP contribution in [0.4, 0.5) is 4.79 Å². The van der Waals surface area contributed by atoms with Crippen molar-refractivity contribution in [1.82, 2.24) is 10.2 Å². The summed E-state index contributed by atoms with van der Waals surface area (Å²) >= 11 is 3.99. The summed E-state index contributed by atoms with van der Waals surface area (Å²) in [6.07, 6.45) is 3.56. The molecule has 5 heteroatoms. The van der Waals surface area contributed by atoms with E-state index in [2.05, 4.69) is 17.9 Å². The van der Waals surface area contributed by atoms with E-state index in [1.165, 1.54) is 4.90 Å². The SMILES string of the molecule is CC1(C)NC(=O)N(CC=CCS)C1=O.